The molecule has 168 valence electrons. The number of fused-ring (bicyclic) bond motifs is 2. The Labute approximate surface area is 184 Å². The zero-order valence-electron chi connectivity index (χ0n) is 18.4. The lowest BCUT2D eigenvalue weighted by Gasteiger charge is -2.34. The maximum Gasteiger partial charge on any atom is 0.252 e. The number of carbonyl (C=O) groups excluding carboxylic acids is 1. The number of amides is 1. The second-order valence-corrected chi connectivity index (χ2v) is 11.0. The Hall–Kier alpha value is -2.03. The van der Waals surface area contributed by atoms with Crippen molar-refractivity contribution >= 4 is 26.8 Å². The highest BCUT2D eigenvalue weighted by molar-refractivity contribution is 7.89. The third-order valence-corrected chi connectivity index (χ3v) is 7.96. The molecular formula is C23H31N3O4S. The number of hydrogen-bond acceptors (Lipinski definition) is 5. The zero-order chi connectivity index (χ0) is 22.2. The third-order valence-electron chi connectivity index (χ3n) is 6.16. The van der Waals surface area contributed by atoms with Crippen molar-refractivity contribution in [2.24, 2.45) is 5.92 Å². The molecule has 31 heavy (non-hydrogen) atoms. The summed E-state index contributed by atoms with van der Waals surface area (Å²) in [5, 5.41) is 3.70. The van der Waals surface area contributed by atoms with Crippen molar-refractivity contribution in [3.05, 3.63) is 41.1 Å². The maximum atomic E-state index is 13.2. The van der Waals surface area contributed by atoms with Gasteiger partial charge in [-0.15, -0.1) is 0 Å². The average Bonchev–Trinajstić information content (AvgIpc) is 2.71. The summed E-state index contributed by atoms with van der Waals surface area (Å²) in [6, 6.07) is 7.68. The molecule has 3 atom stereocenters. The fraction of sp³-hybridized carbons (Fsp3) is 0.565. The van der Waals surface area contributed by atoms with E-state index >= 15 is 0 Å². The van der Waals surface area contributed by atoms with Crippen LogP contribution in [-0.2, 0) is 27.6 Å². The first-order valence-corrected chi connectivity index (χ1v) is 12.7. The van der Waals surface area contributed by atoms with E-state index in [1.807, 2.05) is 38.1 Å². The molecule has 1 amide bonds. The van der Waals surface area contributed by atoms with E-state index < -0.39 is 10.0 Å². The predicted octanol–water partition coefficient (Wildman–Crippen LogP) is 2.53. The van der Waals surface area contributed by atoms with Gasteiger partial charge in [0.05, 0.1) is 29.0 Å². The van der Waals surface area contributed by atoms with Gasteiger partial charge in [0.15, 0.2) is 0 Å². The van der Waals surface area contributed by atoms with E-state index in [9.17, 15) is 13.2 Å². The molecule has 7 nitrogen and oxygen atoms in total. The van der Waals surface area contributed by atoms with Crippen LogP contribution in [0.15, 0.2) is 24.3 Å². The molecule has 1 N–H and O–H groups in total. The lowest BCUT2D eigenvalue weighted by Crippen LogP contribution is -2.49. The standard InChI is InChI=1S/C23H31N3O4S/c1-15-8-9-21-19(12-15)22(18-6-4-5-7-20(18)25-21)23(27)24-10-11-31(28,29)26-13-16(2)30-17(3)14-26/h4-7,15-17H,8-14H2,1-3H3,(H,24,27). The van der Waals surface area contributed by atoms with E-state index in [1.54, 1.807) is 0 Å². The molecule has 0 radical (unpaired) electrons. The highest BCUT2D eigenvalue weighted by Crippen LogP contribution is 2.31. The summed E-state index contributed by atoms with van der Waals surface area (Å²) >= 11 is 0. The van der Waals surface area contributed by atoms with E-state index in [2.05, 4.69) is 12.2 Å². The summed E-state index contributed by atoms with van der Waals surface area (Å²) in [5.74, 6) is 0.148. The molecule has 0 spiro atoms. The number of nitrogens with one attached hydrogen (secondary N) is 1. The van der Waals surface area contributed by atoms with Crippen LogP contribution in [-0.4, -0.2) is 61.2 Å². The molecule has 4 rings (SSSR count). The van der Waals surface area contributed by atoms with Crippen LogP contribution in [0.3, 0.4) is 0 Å². The molecule has 1 aliphatic carbocycles. The largest absolute Gasteiger partial charge is 0.373 e. The van der Waals surface area contributed by atoms with Crippen molar-refractivity contribution in [3.8, 4) is 0 Å². The summed E-state index contributed by atoms with van der Waals surface area (Å²) in [6.45, 7) is 6.71. The molecule has 1 fully saturated rings. The number of hydrogen-bond donors (Lipinski definition) is 1. The first-order valence-electron chi connectivity index (χ1n) is 11.1. The van der Waals surface area contributed by atoms with Crippen LogP contribution in [0.25, 0.3) is 10.9 Å². The van der Waals surface area contributed by atoms with Crippen molar-refractivity contribution in [1.82, 2.24) is 14.6 Å². The summed E-state index contributed by atoms with van der Waals surface area (Å²) in [6.07, 6.45) is 2.48. The Morgan fingerprint density at radius 3 is 2.65 bits per heavy atom. The van der Waals surface area contributed by atoms with E-state index in [1.165, 1.54) is 4.31 Å². The number of nitrogens with zero attached hydrogens (tertiary/aromatic N) is 2. The number of morpholine rings is 1. The Bertz CT molecular complexity index is 1080. The van der Waals surface area contributed by atoms with Crippen LogP contribution in [0.2, 0.25) is 0 Å². The molecule has 0 saturated carbocycles. The van der Waals surface area contributed by atoms with Gasteiger partial charge in [0.2, 0.25) is 10.0 Å². The lowest BCUT2D eigenvalue weighted by atomic mass is 9.84. The highest BCUT2D eigenvalue weighted by atomic mass is 32.2. The number of pyridine rings is 1. The van der Waals surface area contributed by atoms with Gasteiger partial charge in [-0.25, -0.2) is 8.42 Å². The predicted molar refractivity (Wildman–Crippen MR) is 121 cm³/mol. The number of benzene rings is 1. The minimum Gasteiger partial charge on any atom is -0.373 e. The summed E-state index contributed by atoms with van der Waals surface area (Å²) < 4.78 is 32.7. The number of para-hydroxylation sites is 1. The minimum absolute atomic E-state index is 0.0717. The van der Waals surface area contributed by atoms with Gasteiger partial charge in [-0.1, -0.05) is 25.1 Å². The molecule has 1 aromatic heterocycles. The third kappa shape index (κ3) is 4.76. The molecular weight excluding hydrogens is 414 g/mol. The van der Waals surface area contributed by atoms with Crippen LogP contribution in [0.5, 0.6) is 0 Å². The molecule has 1 saturated heterocycles. The SMILES string of the molecule is CC1CCc2nc3ccccc3c(C(=O)NCCS(=O)(=O)N3CC(C)OC(C)C3)c2C1. The number of ether oxygens (including phenoxy) is 1. The number of aryl methyl sites for hydroxylation is 1. The molecule has 3 unspecified atom stereocenters. The Kier molecular flexibility index (Phi) is 6.32. The topological polar surface area (TPSA) is 88.6 Å². The number of rotatable bonds is 5. The van der Waals surface area contributed by atoms with Crippen LogP contribution >= 0.6 is 0 Å². The lowest BCUT2D eigenvalue weighted by molar-refractivity contribution is -0.0440. The maximum absolute atomic E-state index is 13.2. The van der Waals surface area contributed by atoms with Gasteiger partial charge in [0, 0.05) is 30.7 Å². The van der Waals surface area contributed by atoms with Crippen molar-refractivity contribution in [2.45, 2.75) is 52.2 Å². The van der Waals surface area contributed by atoms with E-state index in [0.29, 0.717) is 24.6 Å². The molecule has 0 bridgehead atoms. The van der Waals surface area contributed by atoms with Crippen molar-refractivity contribution in [3.63, 3.8) is 0 Å². The second-order valence-electron chi connectivity index (χ2n) is 8.92. The van der Waals surface area contributed by atoms with E-state index in [4.69, 9.17) is 9.72 Å². The van der Waals surface area contributed by atoms with Gasteiger partial charge in [-0.3, -0.25) is 9.78 Å². The fourth-order valence-corrected chi connectivity index (χ4v) is 6.18. The normalized spacial score (nSPS) is 24.7. The summed E-state index contributed by atoms with van der Waals surface area (Å²) in [4.78, 5) is 18.0. The Balaban J connectivity index is 1.52. The van der Waals surface area contributed by atoms with Crippen molar-refractivity contribution < 1.29 is 17.9 Å². The molecule has 2 aromatic rings. The van der Waals surface area contributed by atoms with Crippen LogP contribution < -0.4 is 5.32 Å². The highest BCUT2D eigenvalue weighted by Gasteiger charge is 2.31. The summed E-state index contributed by atoms with van der Waals surface area (Å²) in [5.41, 5.74) is 3.46. The van der Waals surface area contributed by atoms with Crippen molar-refractivity contribution in [1.29, 1.82) is 0 Å². The smallest absolute Gasteiger partial charge is 0.252 e. The van der Waals surface area contributed by atoms with Crippen LogP contribution in [0.4, 0.5) is 0 Å². The fourth-order valence-electron chi connectivity index (χ4n) is 4.69. The van der Waals surface area contributed by atoms with Gasteiger partial charge in [-0.05, 0) is 50.7 Å². The van der Waals surface area contributed by atoms with Gasteiger partial charge < -0.3 is 10.1 Å². The molecule has 2 heterocycles. The minimum atomic E-state index is -3.47. The number of carbonyl (C=O) groups is 1. The zero-order valence-corrected chi connectivity index (χ0v) is 19.2. The molecule has 1 aromatic carbocycles. The number of sulfonamides is 1. The molecule has 8 heteroatoms. The second kappa shape index (κ2) is 8.84. The number of aromatic nitrogens is 1. The van der Waals surface area contributed by atoms with Gasteiger partial charge in [-0.2, -0.15) is 4.31 Å². The average molecular weight is 446 g/mol. The van der Waals surface area contributed by atoms with Gasteiger partial charge >= 0.3 is 0 Å². The first kappa shape index (κ1) is 22.2. The van der Waals surface area contributed by atoms with Gasteiger partial charge in [0.1, 0.15) is 0 Å². The first-order chi connectivity index (χ1) is 14.7. The Morgan fingerprint density at radius 1 is 1.19 bits per heavy atom. The van der Waals surface area contributed by atoms with Gasteiger partial charge in [0.25, 0.3) is 5.91 Å². The molecule has 1 aliphatic heterocycles. The summed E-state index contributed by atoms with van der Waals surface area (Å²) in [7, 11) is -3.47. The van der Waals surface area contributed by atoms with Crippen LogP contribution in [0.1, 0.15) is 48.8 Å². The quantitative estimate of drug-likeness (QED) is 0.764. The monoisotopic (exact) mass is 445 g/mol. The van der Waals surface area contributed by atoms with Crippen molar-refractivity contribution in [2.75, 3.05) is 25.4 Å². The van der Waals surface area contributed by atoms with Crippen LogP contribution in [0, 0.1) is 5.92 Å². The molecule has 2 aliphatic rings. The van der Waals surface area contributed by atoms with E-state index in [-0.39, 0.29) is 30.4 Å². The Morgan fingerprint density at radius 2 is 1.90 bits per heavy atom. The van der Waals surface area contributed by atoms with E-state index in [0.717, 1.165) is 41.4 Å².